The molecule has 0 spiro atoms. The van der Waals surface area contributed by atoms with Crippen LogP contribution in [0.15, 0.2) is 59.5 Å². The lowest BCUT2D eigenvalue weighted by atomic mass is 10.2. The highest BCUT2D eigenvalue weighted by Gasteiger charge is 2.36. The molecular weight excluding hydrogens is 342 g/mol. The SMILES string of the molecule is O=C(O)COc1cccc(/C=C2\SC(=O)N(c3ccccc3)C2=O)c1. The fourth-order valence-corrected chi connectivity index (χ4v) is 3.10. The van der Waals surface area contributed by atoms with Crippen LogP contribution in [-0.2, 0) is 9.59 Å². The van der Waals surface area contributed by atoms with Gasteiger partial charge in [0.05, 0.1) is 10.6 Å². The average molecular weight is 355 g/mol. The molecule has 3 rings (SSSR count). The van der Waals surface area contributed by atoms with Crippen molar-refractivity contribution < 1.29 is 24.2 Å². The van der Waals surface area contributed by atoms with Gasteiger partial charge < -0.3 is 9.84 Å². The second-order valence-corrected chi connectivity index (χ2v) is 6.10. The first-order valence-electron chi connectivity index (χ1n) is 7.32. The smallest absolute Gasteiger partial charge is 0.341 e. The van der Waals surface area contributed by atoms with Crippen LogP contribution in [0.2, 0.25) is 0 Å². The largest absolute Gasteiger partial charge is 0.482 e. The summed E-state index contributed by atoms with van der Waals surface area (Å²) in [6, 6.07) is 15.4. The fourth-order valence-electron chi connectivity index (χ4n) is 2.26. The average Bonchev–Trinajstić information content (AvgIpc) is 2.88. The molecule has 0 aliphatic carbocycles. The third-order valence-electron chi connectivity index (χ3n) is 3.33. The Bertz CT molecular complexity index is 863. The molecule has 0 radical (unpaired) electrons. The minimum atomic E-state index is -1.07. The number of thioether (sulfide) groups is 1. The third kappa shape index (κ3) is 3.89. The summed E-state index contributed by atoms with van der Waals surface area (Å²) in [5.74, 6) is -1.09. The van der Waals surface area contributed by atoms with Crippen molar-refractivity contribution in [3.63, 3.8) is 0 Å². The van der Waals surface area contributed by atoms with Crippen molar-refractivity contribution in [2.24, 2.45) is 0 Å². The Morgan fingerprint density at radius 2 is 1.88 bits per heavy atom. The molecule has 1 N–H and O–H groups in total. The van der Waals surface area contributed by atoms with E-state index in [2.05, 4.69) is 0 Å². The van der Waals surface area contributed by atoms with Crippen LogP contribution >= 0.6 is 11.8 Å². The van der Waals surface area contributed by atoms with Crippen LogP contribution in [0.25, 0.3) is 6.08 Å². The number of carbonyl (C=O) groups excluding carboxylic acids is 2. The number of para-hydroxylation sites is 1. The highest BCUT2D eigenvalue weighted by Crippen LogP contribution is 2.35. The molecule has 1 aliphatic heterocycles. The lowest BCUT2D eigenvalue weighted by molar-refractivity contribution is -0.139. The predicted octanol–water partition coefficient (Wildman–Crippen LogP) is 3.39. The highest BCUT2D eigenvalue weighted by atomic mass is 32.2. The molecule has 0 atom stereocenters. The lowest BCUT2D eigenvalue weighted by Gasteiger charge is -2.11. The minimum Gasteiger partial charge on any atom is -0.482 e. The summed E-state index contributed by atoms with van der Waals surface area (Å²) in [7, 11) is 0. The Labute approximate surface area is 147 Å². The van der Waals surface area contributed by atoms with E-state index in [4.69, 9.17) is 9.84 Å². The van der Waals surface area contributed by atoms with Crippen molar-refractivity contribution in [1.82, 2.24) is 0 Å². The molecule has 126 valence electrons. The number of imide groups is 1. The molecule has 1 saturated heterocycles. The van der Waals surface area contributed by atoms with Crippen molar-refractivity contribution in [3.05, 3.63) is 65.1 Å². The number of anilines is 1. The molecule has 1 aliphatic rings. The first-order valence-corrected chi connectivity index (χ1v) is 8.14. The van der Waals surface area contributed by atoms with Gasteiger partial charge in [0.1, 0.15) is 5.75 Å². The van der Waals surface area contributed by atoms with Crippen LogP contribution in [0.3, 0.4) is 0 Å². The Hall–Kier alpha value is -3.06. The van der Waals surface area contributed by atoms with Gasteiger partial charge in [-0.05, 0) is 47.7 Å². The van der Waals surface area contributed by atoms with Crippen molar-refractivity contribution >= 4 is 40.6 Å². The molecule has 7 heteroatoms. The zero-order valence-corrected chi connectivity index (χ0v) is 13.7. The third-order valence-corrected chi connectivity index (χ3v) is 4.20. The zero-order chi connectivity index (χ0) is 17.8. The van der Waals surface area contributed by atoms with Crippen molar-refractivity contribution in [2.45, 2.75) is 0 Å². The number of aliphatic carboxylic acids is 1. The number of carbonyl (C=O) groups is 3. The Kier molecular flexibility index (Phi) is 4.85. The van der Waals surface area contributed by atoms with E-state index in [1.165, 1.54) is 0 Å². The van der Waals surface area contributed by atoms with Gasteiger partial charge in [0.2, 0.25) is 0 Å². The minimum absolute atomic E-state index is 0.296. The van der Waals surface area contributed by atoms with E-state index in [0.29, 0.717) is 21.9 Å². The molecule has 2 aromatic rings. The second kappa shape index (κ2) is 7.23. The van der Waals surface area contributed by atoms with Crippen LogP contribution in [0.5, 0.6) is 5.75 Å². The van der Waals surface area contributed by atoms with E-state index >= 15 is 0 Å². The van der Waals surface area contributed by atoms with Gasteiger partial charge in [-0.2, -0.15) is 0 Å². The van der Waals surface area contributed by atoms with E-state index < -0.39 is 18.5 Å². The zero-order valence-electron chi connectivity index (χ0n) is 12.9. The molecule has 1 fully saturated rings. The van der Waals surface area contributed by atoms with Gasteiger partial charge >= 0.3 is 5.97 Å². The van der Waals surface area contributed by atoms with Crippen molar-refractivity contribution in [3.8, 4) is 5.75 Å². The molecular formula is C18H13NO5S. The maximum absolute atomic E-state index is 12.5. The van der Waals surface area contributed by atoms with Gasteiger partial charge in [-0.3, -0.25) is 9.59 Å². The Morgan fingerprint density at radius 1 is 1.12 bits per heavy atom. The summed E-state index contributed by atoms with van der Waals surface area (Å²) >= 11 is 0.859. The number of hydrogen-bond donors (Lipinski definition) is 1. The number of ether oxygens (including phenoxy) is 1. The van der Waals surface area contributed by atoms with Crippen molar-refractivity contribution in [2.75, 3.05) is 11.5 Å². The van der Waals surface area contributed by atoms with Gasteiger partial charge in [0.25, 0.3) is 11.1 Å². The molecule has 0 aromatic heterocycles. The predicted molar refractivity (Wildman–Crippen MR) is 94.5 cm³/mol. The quantitative estimate of drug-likeness (QED) is 0.828. The number of hydrogen-bond acceptors (Lipinski definition) is 5. The van der Waals surface area contributed by atoms with Gasteiger partial charge in [-0.1, -0.05) is 30.3 Å². The maximum atomic E-state index is 12.5. The molecule has 0 saturated carbocycles. The van der Waals surface area contributed by atoms with E-state index in [0.717, 1.165) is 16.7 Å². The lowest BCUT2D eigenvalue weighted by Crippen LogP contribution is -2.27. The summed E-state index contributed by atoms with van der Waals surface area (Å²) < 4.78 is 5.11. The molecule has 6 nitrogen and oxygen atoms in total. The maximum Gasteiger partial charge on any atom is 0.341 e. The first kappa shape index (κ1) is 16.8. The number of benzene rings is 2. The van der Waals surface area contributed by atoms with Crippen LogP contribution < -0.4 is 9.64 Å². The summed E-state index contributed by atoms with van der Waals surface area (Å²) in [4.78, 5) is 36.7. The van der Waals surface area contributed by atoms with E-state index in [1.54, 1.807) is 60.7 Å². The van der Waals surface area contributed by atoms with Crippen LogP contribution in [0.1, 0.15) is 5.56 Å². The highest BCUT2D eigenvalue weighted by molar-refractivity contribution is 8.19. The van der Waals surface area contributed by atoms with E-state index in [9.17, 15) is 14.4 Å². The summed E-state index contributed by atoms with van der Waals surface area (Å²) in [6.07, 6.45) is 1.58. The van der Waals surface area contributed by atoms with Gasteiger partial charge in [-0.15, -0.1) is 0 Å². The molecule has 25 heavy (non-hydrogen) atoms. The number of carboxylic acid groups (broad SMARTS) is 1. The number of carboxylic acids is 1. The molecule has 2 aromatic carbocycles. The van der Waals surface area contributed by atoms with Crippen LogP contribution in [0.4, 0.5) is 10.5 Å². The first-order chi connectivity index (χ1) is 12.0. The van der Waals surface area contributed by atoms with Crippen LogP contribution in [0, 0.1) is 0 Å². The molecule has 1 heterocycles. The summed E-state index contributed by atoms with van der Waals surface area (Å²) in [5, 5.41) is 8.29. The topological polar surface area (TPSA) is 83.9 Å². The monoisotopic (exact) mass is 355 g/mol. The van der Waals surface area contributed by atoms with Crippen LogP contribution in [-0.4, -0.2) is 28.8 Å². The van der Waals surface area contributed by atoms with Gasteiger partial charge in [0, 0.05) is 0 Å². The van der Waals surface area contributed by atoms with Gasteiger partial charge in [-0.25, -0.2) is 9.69 Å². The number of nitrogens with zero attached hydrogens (tertiary/aromatic N) is 1. The van der Waals surface area contributed by atoms with Crippen molar-refractivity contribution in [1.29, 1.82) is 0 Å². The van der Waals surface area contributed by atoms with E-state index in [-0.39, 0.29) is 5.24 Å². The Balaban J connectivity index is 1.83. The van der Waals surface area contributed by atoms with Gasteiger partial charge in [0.15, 0.2) is 6.61 Å². The number of amides is 2. The normalized spacial score (nSPS) is 15.7. The summed E-state index contributed by atoms with van der Waals surface area (Å²) in [6.45, 7) is -0.450. The molecule has 0 unspecified atom stereocenters. The number of rotatable bonds is 5. The fraction of sp³-hybridized carbons (Fsp3) is 0.0556. The Morgan fingerprint density at radius 3 is 2.60 bits per heavy atom. The molecule has 2 amide bonds. The summed E-state index contributed by atoms with van der Waals surface area (Å²) in [5.41, 5.74) is 1.16. The second-order valence-electron chi connectivity index (χ2n) is 5.11. The van der Waals surface area contributed by atoms with E-state index in [1.807, 2.05) is 0 Å². The molecule has 0 bridgehead atoms. The standard InChI is InChI=1S/C18H13NO5S/c20-16(21)11-24-14-8-4-5-12(9-14)10-15-17(22)19(18(23)25-15)13-6-2-1-3-7-13/h1-10H,11H2,(H,20,21)/b15-10-.